The highest BCUT2D eigenvalue weighted by molar-refractivity contribution is 5.72. The summed E-state index contributed by atoms with van der Waals surface area (Å²) in [6.07, 6.45) is 3.46. The molecule has 0 radical (unpaired) electrons. The number of nitrogens with zero attached hydrogens (tertiary/aromatic N) is 4. The topological polar surface area (TPSA) is 63.2 Å². The third-order valence-corrected chi connectivity index (χ3v) is 3.26. The Bertz CT molecular complexity index is 812. The van der Waals surface area contributed by atoms with Crippen LogP contribution in [0, 0.1) is 18.3 Å². The van der Waals surface area contributed by atoms with E-state index in [-0.39, 0.29) is 0 Å². The number of aromatic nitrogens is 3. The highest BCUT2D eigenvalue weighted by Crippen LogP contribution is 2.27. The van der Waals surface area contributed by atoms with Gasteiger partial charge in [0.2, 0.25) is 0 Å². The lowest BCUT2D eigenvalue weighted by molar-refractivity contribution is 0.374. The summed E-state index contributed by atoms with van der Waals surface area (Å²) in [6.45, 7) is 2.00. The summed E-state index contributed by atoms with van der Waals surface area (Å²) in [5.41, 5.74) is 4.39. The van der Waals surface area contributed by atoms with E-state index in [1.54, 1.807) is 31.8 Å². The van der Waals surface area contributed by atoms with Crippen molar-refractivity contribution in [2.45, 2.75) is 6.92 Å². The van der Waals surface area contributed by atoms with Crippen LogP contribution in [0.25, 0.3) is 16.8 Å². The minimum Gasteiger partial charge on any atom is -0.468 e. The summed E-state index contributed by atoms with van der Waals surface area (Å²) in [5.74, 6) is 0. The van der Waals surface area contributed by atoms with Crippen LogP contribution in [0.2, 0.25) is 0 Å². The maximum Gasteiger partial charge on any atom is 0.302 e. The van der Waals surface area contributed by atoms with Crippen LogP contribution in [0.15, 0.2) is 36.8 Å². The molecule has 0 aliphatic heterocycles. The standard InChI is InChI=1S/C15H12N4O/c1-10-13-8-17-9-19(13)15(20-2)18-14(10)12-5-3-11(7-16)4-6-12/h3-6,8-9H,1-2H3. The lowest BCUT2D eigenvalue weighted by Gasteiger charge is -2.10. The number of hydrogen-bond donors (Lipinski definition) is 0. The van der Waals surface area contributed by atoms with E-state index in [2.05, 4.69) is 16.0 Å². The molecule has 0 saturated heterocycles. The van der Waals surface area contributed by atoms with Crippen molar-refractivity contribution in [2.75, 3.05) is 7.11 Å². The van der Waals surface area contributed by atoms with Gasteiger partial charge in [0.1, 0.15) is 6.33 Å². The first kappa shape index (κ1) is 12.2. The summed E-state index contributed by atoms with van der Waals surface area (Å²) in [6, 6.07) is 9.94. The molecule has 0 aliphatic rings. The molecule has 5 nitrogen and oxygen atoms in total. The number of nitriles is 1. The highest BCUT2D eigenvalue weighted by atomic mass is 16.5. The quantitative estimate of drug-likeness (QED) is 0.713. The molecule has 2 heterocycles. The number of fused-ring (bicyclic) bond motifs is 1. The van der Waals surface area contributed by atoms with Crippen molar-refractivity contribution in [2.24, 2.45) is 0 Å². The van der Waals surface area contributed by atoms with Gasteiger partial charge >= 0.3 is 6.01 Å². The van der Waals surface area contributed by atoms with Crippen LogP contribution in [0.4, 0.5) is 0 Å². The number of hydrogen-bond acceptors (Lipinski definition) is 4. The Labute approximate surface area is 116 Å². The van der Waals surface area contributed by atoms with Gasteiger partial charge in [0.15, 0.2) is 0 Å². The molecule has 0 saturated carbocycles. The third kappa shape index (κ3) is 1.79. The third-order valence-electron chi connectivity index (χ3n) is 3.26. The summed E-state index contributed by atoms with van der Waals surface area (Å²) >= 11 is 0. The van der Waals surface area contributed by atoms with Crippen LogP contribution in [0.1, 0.15) is 11.1 Å². The second-order valence-electron chi connectivity index (χ2n) is 4.41. The lowest BCUT2D eigenvalue weighted by atomic mass is 10.1. The average Bonchev–Trinajstić information content (AvgIpc) is 2.98. The van der Waals surface area contributed by atoms with Gasteiger partial charge in [-0.1, -0.05) is 12.1 Å². The zero-order chi connectivity index (χ0) is 14.1. The van der Waals surface area contributed by atoms with Gasteiger partial charge in [0, 0.05) is 11.1 Å². The van der Waals surface area contributed by atoms with Crippen LogP contribution >= 0.6 is 0 Å². The maximum atomic E-state index is 8.85. The van der Waals surface area contributed by atoms with Crippen LogP contribution in [-0.4, -0.2) is 21.5 Å². The fourth-order valence-electron chi connectivity index (χ4n) is 2.21. The Kier molecular flexibility index (Phi) is 2.84. The minimum atomic E-state index is 0.488. The molecule has 5 heteroatoms. The zero-order valence-corrected chi connectivity index (χ0v) is 11.2. The van der Waals surface area contributed by atoms with Crippen LogP contribution in [0.3, 0.4) is 0 Å². The first-order valence-corrected chi connectivity index (χ1v) is 6.12. The van der Waals surface area contributed by atoms with Gasteiger partial charge in [-0.25, -0.2) is 4.98 Å². The van der Waals surface area contributed by atoms with Gasteiger partial charge in [-0.15, -0.1) is 0 Å². The molecule has 0 fully saturated rings. The zero-order valence-electron chi connectivity index (χ0n) is 11.2. The monoisotopic (exact) mass is 264 g/mol. The van der Waals surface area contributed by atoms with E-state index in [4.69, 9.17) is 10.00 Å². The summed E-state index contributed by atoms with van der Waals surface area (Å²) in [7, 11) is 1.58. The minimum absolute atomic E-state index is 0.488. The maximum absolute atomic E-state index is 8.85. The molecule has 20 heavy (non-hydrogen) atoms. The second-order valence-corrected chi connectivity index (χ2v) is 4.41. The number of methoxy groups -OCH3 is 1. The van der Waals surface area contributed by atoms with E-state index in [9.17, 15) is 0 Å². The van der Waals surface area contributed by atoms with Gasteiger partial charge in [-0.2, -0.15) is 10.2 Å². The van der Waals surface area contributed by atoms with E-state index < -0.39 is 0 Å². The molecular formula is C15H12N4O. The smallest absolute Gasteiger partial charge is 0.302 e. The lowest BCUT2D eigenvalue weighted by Crippen LogP contribution is -2.01. The van der Waals surface area contributed by atoms with Crippen molar-refractivity contribution in [3.63, 3.8) is 0 Å². The summed E-state index contributed by atoms with van der Waals surface area (Å²) < 4.78 is 7.12. The van der Waals surface area contributed by atoms with Gasteiger partial charge in [-0.3, -0.25) is 4.40 Å². The molecule has 0 unspecified atom stereocenters. The Hall–Kier alpha value is -2.87. The van der Waals surface area contributed by atoms with Crippen LogP contribution < -0.4 is 4.74 Å². The van der Waals surface area contributed by atoms with Gasteiger partial charge in [0.05, 0.1) is 36.1 Å². The molecule has 3 rings (SSSR count). The number of ether oxygens (including phenoxy) is 1. The SMILES string of the molecule is COc1nc(-c2ccc(C#N)cc2)c(C)c2cncn12. The molecule has 0 bridgehead atoms. The number of benzene rings is 1. The Balaban J connectivity index is 2.24. The van der Waals surface area contributed by atoms with Crippen molar-refractivity contribution in [1.82, 2.24) is 14.4 Å². The normalized spacial score (nSPS) is 10.4. The molecule has 0 aliphatic carbocycles. The van der Waals surface area contributed by atoms with Gasteiger partial charge < -0.3 is 4.74 Å². The largest absolute Gasteiger partial charge is 0.468 e. The van der Waals surface area contributed by atoms with Crippen molar-refractivity contribution in [3.05, 3.63) is 47.9 Å². The fourth-order valence-corrected chi connectivity index (χ4v) is 2.21. The Morgan fingerprint density at radius 1 is 1.25 bits per heavy atom. The molecule has 3 aromatic rings. The molecule has 0 atom stereocenters. The van der Waals surface area contributed by atoms with Crippen molar-refractivity contribution >= 4 is 5.52 Å². The highest BCUT2D eigenvalue weighted by Gasteiger charge is 2.13. The number of aryl methyl sites for hydroxylation is 1. The van der Waals surface area contributed by atoms with Crippen molar-refractivity contribution < 1.29 is 4.74 Å². The molecular weight excluding hydrogens is 252 g/mol. The molecule has 0 spiro atoms. The molecule has 0 amide bonds. The van der Waals surface area contributed by atoms with E-state index in [1.807, 2.05) is 23.5 Å². The van der Waals surface area contributed by atoms with Crippen LogP contribution in [-0.2, 0) is 0 Å². The van der Waals surface area contributed by atoms with E-state index in [0.29, 0.717) is 11.6 Å². The summed E-state index contributed by atoms with van der Waals surface area (Å²) in [4.78, 5) is 8.67. The summed E-state index contributed by atoms with van der Waals surface area (Å²) in [5, 5.41) is 8.85. The van der Waals surface area contributed by atoms with E-state index in [0.717, 1.165) is 22.3 Å². The number of imidazole rings is 1. The molecule has 1 aromatic carbocycles. The molecule has 98 valence electrons. The van der Waals surface area contributed by atoms with Gasteiger partial charge in [0.25, 0.3) is 0 Å². The number of rotatable bonds is 2. The van der Waals surface area contributed by atoms with Crippen molar-refractivity contribution in [3.8, 4) is 23.3 Å². The van der Waals surface area contributed by atoms with Gasteiger partial charge in [-0.05, 0) is 19.1 Å². The molecule has 0 N–H and O–H groups in total. The fraction of sp³-hybridized carbons (Fsp3) is 0.133. The second kappa shape index (κ2) is 4.67. The molecule has 2 aromatic heterocycles. The average molecular weight is 264 g/mol. The predicted octanol–water partition coefficient (Wildman–Crippen LogP) is 2.58. The van der Waals surface area contributed by atoms with Crippen molar-refractivity contribution in [1.29, 1.82) is 5.26 Å². The van der Waals surface area contributed by atoms with E-state index in [1.165, 1.54) is 0 Å². The van der Waals surface area contributed by atoms with Crippen LogP contribution in [0.5, 0.6) is 6.01 Å². The Morgan fingerprint density at radius 2 is 2.00 bits per heavy atom. The Morgan fingerprint density at radius 3 is 2.65 bits per heavy atom. The first-order chi connectivity index (χ1) is 9.74. The van der Waals surface area contributed by atoms with E-state index >= 15 is 0 Å². The first-order valence-electron chi connectivity index (χ1n) is 6.12. The predicted molar refractivity (Wildman–Crippen MR) is 74.4 cm³/mol.